The van der Waals surface area contributed by atoms with Gasteiger partial charge in [0.05, 0.1) is 17.7 Å². The molecular formula is C20H17N3O6S. The number of imidazole rings is 1. The second-order valence-corrected chi connectivity index (χ2v) is 7.11. The molecule has 9 nitrogen and oxygen atoms in total. The lowest BCUT2D eigenvalue weighted by atomic mass is 10.1. The van der Waals surface area contributed by atoms with Gasteiger partial charge in [0, 0.05) is 28.9 Å². The minimum absolute atomic E-state index is 0.0314. The van der Waals surface area contributed by atoms with E-state index in [2.05, 4.69) is 4.98 Å². The maximum absolute atomic E-state index is 12.8. The molecular weight excluding hydrogens is 410 g/mol. The predicted molar refractivity (Wildman–Crippen MR) is 108 cm³/mol. The molecule has 0 atom stereocenters. The molecule has 1 aliphatic heterocycles. The number of nitro benzene ring substituents is 1. The van der Waals surface area contributed by atoms with Crippen molar-refractivity contribution in [3.05, 3.63) is 75.6 Å². The normalized spacial score (nSPS) is 12.7. The van der Waals surface area contributed by atoms with Gasteiger partial charge >= 0.3 is 5.97 Å². The number of thioether (sulfide) groups is 1. The van der Waals surface area contributed by atoms with Crippen molar-refractivity contribution in [2.45, 2.75) is 18.4 Å². The Bertz CT molecular complexity index is 1100. The molecule has 10 heteroatoms. The lowest BCUT2D eigenvalue weighted by Gasteiger charge is -2.20. The summed E-state index contributed by atoms with van der Waals surface area (Å²) < 4.78 is 17.9. The molecule has 154 valence electrons. The summed E-state index contributed by atoms with van der Waals surface area (Å²) in [5.74, 6) is -0.153. The third-order valence-electron chi connectivity index (χ3n) is 4.48. The highest BCUT2D eigenvalue weighted by atomic mass is 32.2. The Morgan fingerprint density at radius 2 is 2.13 bits per heavy atom. The molecule has 0 N–H and O–H groups in total. The zero-order valence-electron chi connectivity index (χ0n) is 15.9. The first-order valence-electron chi connectivity index (χ1n) is 8.93. The van der Waals surface area contributed by atoms with Crippen LogP contribution < -0.4 is 4.74 Å². The van der Waals surface area contributed by atoms with Crippen molar-refractivity contribution in [3.8, 4) is 11.4 Å². The van der Waals surface area contributed by atoms with Crippen molar-refractivity contribution in [3.63, 3.8) is 0 Å². The van der Waals surface area contributed by atoms with Crippen molar-refractivity contribution in [2.24, 2.45) is 0 Å². The molecule has 0 saturated heterocycles. The monoisotopic (exact) mass is 427 g/mol. The summed E-state index contributed by atoms with van der Waals surface area (Å²) >= 11 is 1.40. The number of benzene rings is 2. The topological polar surface area (TPSA) is 106 Å². The quantitative estimate of drug-likeness (QED) is 0.254. The highest BCUT2D eigenvalue weighted by Gasteiger charge is 2.23. The van der Waals surface area contributed by atoms with Gasteiger partial charge in [0.15, 0.2) is 17.6 Å². The number of para-hydroxylation sites is 1. The van der Waals surface area contributed by atoms with Gasteiger partial charge in [-0.05, 0) is 18.4 Å². The van der Waals surface area contributed by atoms with Crippen LogP contribution in [0.25, 0.3) is 5.69 Å². The van der Waals surface area contributed by atoms with Crippen LogP contribution in [0.2, 0.25) is 0 Å². The number of hydrogen-bond acceptors (Lipinski definition) is 8. The van der Waals surface area contributed by atoms with Gasteiger partial charge in [-0.15, -0.1) is 0 Å². The second kappa shape index (κ2) is 8.56. The number of nitro groups is 1. The fourth-order valence-electron chi connectivity index (χ4n) is 3.16. The summed E-state index contributed by atoms with van der Waals surface area (Å²) in [4.78, 5) is 27.9. The van der Waals surface area contributed by atoms with Crippen molar-refractivity contribution >= 4 is 23.4 Å². The van der Waals surface area contributed by atoms with E-state index in [1.807, 2.05) is 36.6 Å². The first kappa shape index (κ1) is 19.9. The average Bonchev–Trinajstić information content (AvgIpc) is 3.22. The zero-order valence-corrected chi connectivity index (χ0v) is 16.8. The van der Waals surface area contributed by atoms with Gasteiger partial charge in [-0.2, -0.15) is 0 Å². The van der Waals surface area contributed by atoms with Gasteiger partial charge in [-0.1, -0.05) is 30.0 Å². The Morgan fingerprint density at radius 3 is 2.87 bits per heavy atom. The number of carbonyl (C=O) groups excluding carboxylic acids is 1. The Morgan fingerprint density at radius 1 is 1.33 bits per heavy atom. The molecule has 1 aliphatic rings. The number of hydrogen-bond donors (Lipinski definition) is 0. The van der Waals surface area contributed by atoms with Crippen molar-refractivity contribution in [1.82, 2.24) is 9.55 Å². The van der Waals surface area contributed by atoms with Crippen LogP contribution in [0.15, 0.2) is 53.8 Å². The first-order chi connectivity index (χ1) is 14.6. The van der Waals surface area contributed by atoms with E-state index in [4.69, 9.17) is 14.2 Å². The molecule has 0 spiro atoms. The molecule has 0 radical (unpaired) electrons. The summed E-state index contributed by atoms with van der Waals surface area (Å²) in [6.45, 7) is 0.0385. The number of aromatic nitrogens is 2. The third kappa shape index (κ3) is 3.87. The van der Waals surface area contributed by atoms with Gasteiger partial charge in [0.1, 0.15) is 12.4 Å². The molecule has 2 heterocycles. The first-order valence-corrected chi connectivity index (χ1v) is 10.2. The summed E-state index contributed by atoms with van der Waals surface area (Å²) in [5.41, 5.74) is 1.87. The molecule has 1 aromatic heterocycles. The lowest BCUT2D eigenvalue weighted by molar-refractivity contribution is -0.385. The molecule has 0 unspecified atom stereocenters. The molecule has 4 rings (SSSR count). The van der Waals surface area contributed by atoms with Crippen molar-refractivity contribution in [2.75, 3.05) is 13.0 Å². The average molecular weight is 427 g/mol. The smallest absolute Gasteiger partial charge is 0.357 e. The largest absolute Gasteiger partial charge is 0.467 e. The number of carbonyl (C=O) groups is 1. The van der Waals surface area contributed by atoms with Crippen LogP contribution in [0.3, 0.4) is 0 Å². The maximum Gasteiger partial charge on any atom is 0.357 e. The van der Waals surface area contributed by atoms with Gasteiger partial charge in [0.2, 0.25) is 0 Å². The summed E-state index contributed by atoms with van der Waals surface area (Å²) in [6, 6.07) is 12.1. The molecule has 0 bridgehead atoms. The Kier molecular flexibility index (Phi) is 5.68. The van der Waals surface area contributed by atoms with Gasteiger partial charge < -0.3 is 14.2 Å². The molecule has 0 fully saturated rings. The number of esters is 1. The molecule has 2 aromatic carbocycles. The van der Waals surface area contributed by atoms with E-state index in [0.29, 0.717) is 22.0 Å². The van der Waals surface area contributed by atoms with Crippen molar-refractivity contribution < 1.29 is 23.9 Å². The Balaban J connectivity index is 1.62. The van der Waals surface area contributed by atoms with E-state index in [1.165, 1.54) is 30.1 Å². The van der Waals surface area contributed by atoms with Gasteiger partial charge in [0.25, 0.3) is 5.69 Å². The second-order valence-electron chi connectivity index (χ2n) is 6.34. The summed E-state index contributed by atoms with van der Waals surface area (Å²) in [7, 11) is 0. The van der Waals surface area contributed by atoms with Gasteiger partial charge in [-0.3, -0.25) is 14.7 Å². The SMILES string of the molecule is CSc1ncc(C(=O)OCc2cc([N+](=O)[O-])cc3c2OCOC3)n1-c1ccccc1. The summed E-state index contributed by atoms with van der Waals surface area (Å²) in [5, 5.41) is 11.9. The van der Waals surface area contributed by atoms with E-state index in [-0.39, 0.29) is 31.4 Å². The maximum atomic E-state index is 12.8. The summed E-state index contributed by atoms with van der Waals surface area (Å²) in [6.07, 6.45) is 3.32. The van der Waals surface area contributed by atoms with Crippen LogP contribution in [0, 0.1) is 10.1 Å². The van der Waals surface area contributed by atoms with Crippen LogP contribution in [-0.2, 0) is 22.7 Å². The molecule has 0 aliphatic carbocycles. The minimum Gasteiger partial charge on any atom is -0.467 e. The van der Waals surface area contributed by atoms with Crippen LogP contribution in [0.4, 0.5) is 5.69 Å². The number of ether oxygens (including phenoxy) is 3. The molecule has 0 saturated carbocycles. The number of fused-ring (bicyclic) bond motifs is 1. The van der Waals surface area contributed by atoms with E-state index >= 15 is 0 Å². The van der Waals surface area contributed by atoms with Crippen molar-refractivity contribution in [1.29, 1.82) is 0 Å². The van der Waals surface area contributed by atoms with Crippen LogP contribution in [-0.4, -0.2) is 33.5 Å². The Hall–Kier alpha value is -3.37. The third-order valence-corrected chi connectivity index (χ3v) is 5.13. The Labute approximate surface area is 175 Å². The minimum atomic E-state index is -0.598. The van der Waals surface area contributed by atoms with E-state index in [0.717, 1.165) is 5.69 Å². The lowest BCUT2D eigenvalue weighted by Crippen LogP contribution is -2.16. The standard InChI is InChI=1S/C20H17N3O6S/c1-30-20-21-9-17(22(20)15-5-3-2-4-6-15)19(24)28-11-14-8-16(23(25)26)7-13-10-27-12-29-18(13)14/h2-9H,10-12H2,1H3. The van der Waals surface area contributed by atoms with Crippen LogP contribution in [0.1, 0.15) is 21.6 Å². The van der Waals surface area contributed by atoms with E-state index < -0.39 is 10.9 Å². The molecule has 0 amide bonds. The molecule has 3 aromatic rings. The highest BCUT2D eigenvalue weighted by Crippen LogP contribution is 2.33. The number of rotatable bonds is 6. The molecule has 30 heavy (non-hydrogen) atoms. The fraction of sp³-hybridized carbons (Fsp3) is 0.200. The van der Waals surface area contributed by atoms with Crippen LogP contribution in [0.5, 0.6) is 5.75 Å². The number of nitrogens with zero attached hydrogens (tertiary/aromatic N) is 3. The van der Waals surface area contributed by atoms with Crippen LogP contribution >= 0.6 is 11.8 Å². The van der Waals surface area contributed by atoms with E-state index in [1.54, 1.807) is 4.57 Å². The fourth-order valence-corrected chi connectivity index (χ4v) is 3.70. The van der Waals surface area contributed by atoms with Gasteiger partial charge in [-0.25, -0.2) is 9.78 Å². The predicted octanol–water partition coefficient (Wildman–Crippen LogP) is 3.73. The zero-order chi connectivity index (χ0) is 21.1. The number of non-ortho nitro benzene ring substituents is 1. The highest BCUT2D eigenvalue weighted by molar-refractivity contribution is 7.98. The van der Waals surface area contributed by atoms with E-state index in [9.17, 15) is 14.9 Å².